The number of rotatable bonds is 6. The van der Waals surface area contributed by atoms with Crippen LogP contribution in [0.1, 0.15) is 34.6 Å². The lowest BCUT2D eigenvalue weighted by Crippen LogP contribution is -2.36. The first-order valence-corrected chi connectivity index (χ1v) is 6.34. The minimum absolute atomic E-state index is 0.0965. The Morgan fingerprint density at radius 3 is 2.10 bits per heavy atom. The van der Waals surface area contributed by atoms with Crippen molar-refractivity contribution in [1.29, 1.82) is 0 Å². The molecule has 108 valence electrons. The van der Waals surface area contributed by atoms with Crippen molar-refractivity contribution in [1.82, 2.24) is 4.90 Å². The second-order valence-electron chi connectivity index (χ2n) is 4.07. The van der Waals surface area contributed by atoms with Gasteiger partial charge in [0.2, 0.25) is 5.91 Å². The summed E-state index contributed by atoms with van der Waals surface area (Å²) in [5.74, 6) is -1.30. The highest BCUT2D eigenvalue weighted by atomic mass is 16.5. The van der Waals surface area contributed by atoms with Crippen LogP contribution in [0, 0.1) is 0 Å². The summed E-state index contributed by atoms with van der Waals surface area (Å²) in [6.45, 7) is 4.04. The highest BCUT2D eigenvalue weighted by molar-refractivity contribution is 5.98. The van der Waals surface area contributed by atoms with Crippen molar-refractivity contribution < 1.29 is 19.1 Å². The predicted octanol–water partition coefficient (Wildman–Crippen LogP) is 0.811. The molecule has 2 N–H and O–H groups in total. The average molecular weight is 278 g/mol. The van der Waals surface area contributed by atoms with Gasteiger partial charge in [-0.2, -0.15) is 0 Å². The van der Waals surface area contributed by atoms with E-state index in [4.69, 9.17) is 10.5 Å². The maximum Gasteiger partial charge on any atom is 0.325 e. The topological polar surface area (TPSA) is 89.7 Å². The van der Waals surface area contributed by atoms with Gasteiger partial charge in [-0.1, -0.05) is 0 Å². The third-order valence-electron chi connectivity index (χ3n) is 2.71. The van der Waals surface area contributed by atoms with Crippen LogP contribution in [0.5, 0.6) is 0 Å². The summed E-state index contributed by atoms with van der Waals surface area (Å²) in [6, 6.07) is 5.98. The number of likely N-dealkylation sites (N-methyl/N-ethyl adjacent to an activating group) is 1. The number of carbonyl (C=O) groups is 3. The lowest BCUT2D eigenvalue weighted by Gasteiger charge is -2.19. The van der Waals surface area contributed by atoms with Crippen molar-refractivity contribution in [2.45, 2.75) is 13.8 Å². The van der Waals surface area contributed by atoms with Crippen LogP contribution in [0.2, 0.25) is 0 Å². The van der Waals surface area contributed by atoms with Crippen LogP contribution >= 0.6 is 0 Å². The fourth-order valence-electron chi connectivity index (χ4n) is 1.65. The Kier molecular flexibility index (Phi) is 5.71. The molecule has 0 aliphatic rings. The first kappa shape index (κ1) is 15.7. The zero-order valence-corrected chi connectivity index (χ0v) is 11.6. The number of nitrogens with zero attached hydrogens (tertiary/aromatic N) is 1. The number of ether oxygens (including phenoxy) is 1. The molecular formula is C14H18N2O4. The normalized spacial score (nSPS) is 9.90. The maximum atomic E-state index is 12.2. The van der Waals surface area contributed by atoms with E-state index in [0.29, 0.717) is 17.7 Å². The molecule has 0 saturated heterocycles. The highest BCUT2D eigenvalue weighted by Crippen LogP contribution is 2.08. The largest absolute Gasteiger partial charge is 0.465 e. The van der Waals surface area contributed by atoms with Gasteiger partial charge in [0.1, 0.15) is 6.54 Å². The molecule has 0 fully saturated rings. The van der Waals surface area contributed by atoms with Gasteiger partial charge in [-0.15, -0.1) is 0 Å². The van der Waals surface area contributed by atoms with Gasteiger partial charge >= 0.3 is 5.97 Å². The molecule has 0 aromatic heterocycles. The van der Waals surface area contributed by atoms with Gasteiger partial charge in [-0.3, -0.25) is 14.4 Å². The van der Waals surface area contributed by atoms with E-state index < -0.39 is 11.9 Å². The summed E-state index contributed by atoms with van der Waals surface area (Å²) in [5.41, 5.74) is 5.85. The van der Waals surface area contributed by atoms with Crippen LogP contribution in [0.25, 0.3) is 0 Å². The van der Waals surface area contributed by atoms with Gasteiger partial charge in [-0.05, 0) is 38.1 Å². The Hall–Kier alpha value is -2.37. The summed E-state index contributed by atoms with van der Waals surface area (Å²) < 4.78 is 4.82. The minimum atomic E-state index is -0.553. The quantitative estimate of drug-likeness (QED) is 0.780. The summed E-state index contributed by atoms with van der Waals surface area (Å²) in [6.07, 6.45) is 0. The second-order valence-corrected chi connectivity index (χ2v) is 4.07. The molecule has 0 bridgehead atoms. The van der Waals surface area contributed by atoms with Crippen LogP contribution in [-0.4, -0.2) is 42.4 Å². The Morgan fingerprint density at radius 1 is 1.10 bits per heavy atom. The smallest absolute Gasteiger partial charge is 0.325 e. The van der Waals surface area contributed by atoms with E-state index in [1.54, 1.807) is 13.8 Å². The van der Waals surface area contributed by atoms with Crippen molar-refractivity contribution in [2.75, 3.05) is 19.7 Å². The lowest BCUT2D eigenvalue weighted by atomic mass is 10.1. The first-order chi connectivity index (χ1) is 9.49. The monoisotopic (exact) mass is 278 g/mol. The molecule has 0 aliphatic heterocycles. The summed E-state index contributed by atoms with van der Waals surface area (Å²) in [4.78, 5) is 35.9. The van der Waals surface area contributed by atoms with Crippen LogP contribution in [0.4, 0.5) is 0 Å². The van der Waals surface area contributed by atoms with Gasteiger partial charge in [0.05, 0.1) is 6.61 Å². The molecule has 20 heavy (non-hydrogen) atoms. The van der Waals surface area contributed by atoms with Gasteiger partial charge in [0, 0.05) is 17.7 Å². The Balaban J connectivity index is 2.80. The first-order valence-electron chi connectivity index (χ1n) is 6.34. The van der Waals surface area contributed by atoms with Crippen LogP contribution in [0.15, 0.2) is 24.3 Å². The number of hydrogen-bond donors (Lipinski definition) is 1. The number of primary amides is 1. The number of benzene rings is 1. The molecule has 1 rings (SSSR count). The third-order valence-corrected chi connectivity index (χ3v) is 2.71. The number of carbonyl (C=O) groups excluding carboxylic acids is 3. The van der Waals surface area contributed by atoms with Crippen molar-refractivity contribution in [3.8, 4) is 0 Å². The van der Waals surface area contributed by atoms with Crippen LogP contribution in [0.3, 0.4) is 0 Å². The fourth-order valence-corrected chi connectivity index (χ4v) is 1.65. The molecule has 0 saturated carbocycles. The molecule has 0 radical (unpaired) electrons. The Labute approximate surface area is 117 Å². The molecule has 0 spiro atoms. The van der Waals surface area contributed by atoms with E-state index in [9.17, 15) is 14.4 Å². The van der Waals surface area contributed by atoms with Gasteiger partial charge in [0.15, 0.2) is 0 Å². The molecular weight excluding hydrogens is 260 g/mol. The van der Waals surface area contributed by atoms with Gasteiger partial charge in [0.25, 0.3) is 5.91 Å². The van der Waals surface area contributed by atoms with Crippen molar-refractivity contribution in [3.05, 3.63) is 35.4 Å². The number of hydrogen-bond acceptors (Lipinski definition) is 4. The van der Waals surface area contributed by atoms with E-state index >= 15 is 0 Å². The van der Waals surface area contributed by atoms with Crippen molar-refractivity contribution in [3.63, 3.8) is 0 Å². The highest BCUT2D eigenvalue weighted by Gasteiger charge is 2.18. The Bertz CT molecular complexity index is 496. The van der Waals surface area contributed by atoms with Crippen LogP contribution in [-0.2, 0) is 9.53 Å². The van der Waals surface area contributed by atoms with E-state index in [0.717, 1.165) is 0 Å². The molecule has 0 unspecified atom stereocenters. The van der Waals surface area contributed by atoms with E-state index in [1.807, 2.05) is 0 Å². The molecule has 6 heteroatoms. The van der Waals surface area contributed by atoms with Crippen molar-refractivity contribution >= 4 is 17.8 Å². The lowest BCUT2D eigenvalue weighted by molar-refractivity contribution is -0.143. The predicted molar refractivity (Wildman–Crippen MR) is 73.2 cm³/mol. The summed E-state index contributed by atoms with van der Waals surface area (Å²) >= 11 is 0. The average Bonchev–Trinajstić information content (AvgIpc) is 2.44. The molecule has 6 nitrogen and oxygen atoms in total. The van der Waals surface area contributed by atoms with E-state index in [1.165, 1.54) is 29.2 Å². The zero-order chi connectivity index (χ0) is 15.1. The fraction of sp³-hybridized carbons (Fsp3) is 0.357. The standard InChI is InChI=1S/C14H18N2O4/c1-3-16(9-12(17)20-4-2)14(19)11-7-5-10(6-8-11)13(15)18/h5-8H,3-4,9H2,1-2H3,(H2,15,18). The summed E-state index contributed by atoms with van der Waals surface area (Å²) in [7, 11) is 0. The van der Waals surface area contributed by atoms with E-state index in [-0.39, 0.29) is 19.1 Å². The molecule has 0 heterocycles. The van der Waals surface area contributed by atoms with E-state index in [2.05, 4.69) is 0 Å². The number of nitrogens with two attached hydrogens (primary N) is 1. The van der Waals surface area contributed by atoms with Gasteiger partial charge in [-0.25, -0.2) is 0 Å². The minimum Gasteiger partial charge on any atom is -0.465 e. The Morgan fingerprint density at radius 2 is 1.65 bits per heavy atom. The van der Waals surface area contributed by atoms with Crippen molar-refractivity contribution in [2.24, 2.45) is 5.73 Å². The SMILES string of the molecule is CCOC(=O)CN(CC)C(=O)c1ccc(C(N)=O)cc1. The molecule has 2 amide bonds. The molecule has 0 atom stereocenters. The second kappa shape index (κ2) is 7.28. The molecule has 1 aromatic carbocycles. The third kappa shape index (κ3) is 4.08. The number of amides is 2. The maximum absolute atomic E-state index is 12.2. The van der Waals surface area contributed by atoms with Gasteiger partial charge < -0.3 is 15.4 Å². The summed E-state index contributed by atoms with van der Waals surface area (Å²) in [5, 5.41) is 0. The molecule has 0 aliphatic carbocycles. The molecule has 1 aromatic rings. The van der Waals surface area contributed by atoms with Crippen LogP contribution < -0.4 is 5.73 Å². The number of esters is 1. The zero-order valence-electron chi connectivity index (χ0n) is 11.6.